The monoisotopic (exact) mass is 782 g/mol. The molecule has 0 amide bonds. The van der Waals surface area contributed by atoms with Gasteiger partial charge in [-0.2, -0.15) is 0 Å². The van der Waals surface area contributed by atoms with Gasteiger partial charge < -0.3 is 9.47 Å². The Bertz CT molecular complexity index is 3290. The third-order valence-electron chi connectivity index (χ3n) is 13.5. The molecule has 1 atom stereocenters. The zero-order chi connectivity index (χ0) is 40.0. The van der Waals surface area contributed by atoms with Crippen molar-refractivity contribution in [3.05, 3.63) is 241 Å². The summed E-state index contributed by atoms with van der Waals surface area (Å²) < 4.78 is 2.54. The summed E-state index contributed by atoms with van der Waals surface area (Å²) in [6, 6.07) is 81.6. The number of aromatic nitrogens is 1. The maximum atomic E-state index is 2.57. The molecule has 2 nitrogen and oxygen atoms in total. The van der Waals surface area contributed by atoms with Crippen LogP contribution in [0.5, 0.6) is 0 Å². The van der Waals surface area contributed by atoms with E-state index < -0.39 is 13.5 Å². The molecular formula is C57H42N2Si. The fourth-order valence-corrected chi connectivity index (χ4v) is 14.0. The predicted molar refractivity (Wildman–Crippen MR) is 255 cm³/mol. The average Bonchev–Trinajstić information content (AvgIpc) is 3.65. The highest BCUT2D eigenvalue weighted by Crippen LogP contribution is 2.56. The van der Waals surface area contributed by atoms with Gasteiger partial charge in [0, 0.05) is 27.7 Å². The van der Waals surface area contributed by atoms with E-state index >= 15 is 0 Å². The van der Waals surface area contributed by atoms with Gasteiger partial charge in [-0.3, -0.25) is 0 Å². The number of anilines is 3. The molecule has 0 radical (unpaired) electrons. The van der Waals surface area contributed by atoms with Crippen molar-refractivity contribution < 1.29 is 0 Å². The third kappa shape index (κ3) is 4.81. The Kier molecular flexibility index (Phi) is 7.63. The molecule has 0 saturated carbocycles. The molecule has 284 valence electrons. The highest BCUT2D eigenvalue weighted by atomic mass is 28.3. The molecular weight excluding hydrogens is 741 g/mol. The number of hydrogen-bond donors (Lipinski definition) is 0. The van der Waals surface area contributed by atoms with Crippen molar-refractivity contribution in [2.75, 3.05) is 4.90 Å². The Morgan fingerprint density at radius 3 is 1.82 bits per heavy atom. The minimum atomic E-state index is -2.22. The fourth-order valence-electron chi connectivity index (χ4n) is 10.8. The largest absolute Gasteiger partial charge is 0.310 e. The van der Waals surface area contributed by atoms with Crippen LogP contribution in [0.3, 0.4) is 0 Å². The van der Waals surface area contributed by atoms with Crippen LogP contribution in [0.4, 0.5) is 17.1 Å². The first kappa shape index (κ1) is 34.8. The van der Waals surface area contributed by atoms with E-state index in [0.717, 1.165) is 17.1 Å². The van der Waals surface area contributed by atoms with Crippen molar-refractivity contribution in [3.63, 3.8) is 0 Å². The van der Waals surface area contributed by atoms with Gasteiger partial charge in [-0.15, -0.1) is 0 Å². The molecule has 10 aromatic rings. The molecule has 1 spiro atoms. The van der Waals surface area contributed by atoms with Crippen LogP contribution in [-0.2, 0) is 5.41 Å². The van der Waals surface area contributed by atoms with Gasteiger partial charge in [0.2, 0.25) is 0 Å². The second kappa shape index (κ2) is 13.2. The van der Waals surface area contributed by atoms with Gasteiger partial charge in [-0.05, 0) is 91.8 Å². The zero-order valence-electron chi connectivity index (χ0n) is 33.7. The molecule has 1 unspecified atom stereocenters. The first-order valence-electron chi connectivity index (χ1n) is 21.0. The van der Waals surface area contributed by atoms with Crippen LogP contribution in [0.25, 0.3) is 49.7 Å². The zero-order valence-corrected chi connectivity index (χ0v) is 34.7. The molecule has 0 aliphatic carbocycles. The van der Waals surface area contributed by atoms with Gasteiger partial charge in [0.15, 0.2) is 0 Å². The smallest absolute Gasteiger partial charge is 0.113 e. The van der Waals surface area contributed by atoms with Crippen molar-refractivity contribution in [3.8, 4) is 27.9 Å². The average molecular weight is 783 g/mol. The Morgan fingerprint density at radius 2 is 1.00 bits per heavy atom. The standard InChI is InChI=1S/C57H42N2Si/c1-60(2)54-31-16-12-26-48(54)57(47-25-11-15-30-53(47)59-52-29-14-10-23-45(52)46-24-17-27-49(57)56(46)59)50-38-43(36-37-55(50)60)58(42-34-32-40(33-35-42)39-18-5-3-6-19-39)51-28-13-9-22-44(51)41-20-7-4-8-21-41/h3-38H,1-2H3. The quantitative estimate of drug-likeness (QED) is 0.158. The maximum Gasteiger partial charge on any atom is 0.113 e. The number of rotatable bonds is 5. The van der Waals surface area contributed by atoms with Crippen molar-refractivity contribution in [2.45, 2.75) is 18.5 Å². The second-order valence-corrected chi connectivity index (χ2v) is 21.2. The van der Waals surface area contributed by atoms with Crippen LogP contribution in [0.15, 0.2) is 218 Å². The second-order valence-electron chi connectivity index (χ2n) is 16.9. The van der Waals surface area contributed by atoms with Gasteiger partial charge in [-0.25, -0.2) is 0 Å². The van der Waals surface area contributed by atoms with Crippen LogP contribution in [-0.4, -0.2) is 12.6 Å². The molecule has 2 aliphatic rings. The van der Waals surface area contributed by atoms with E-state index in [1.54, 1.807) is 0 Å². The lowest BCUT2D eigenvalue weighted by atomic mass is 9.62. The van der Waals surface area contributed by atoms with Gasteiger partial charge in [0.05, 0.1) is 27.8 Å². The number of fused-ring (bicyclic) bond motifs is 11. The number of hydrogen-bond acceptors (Lipinski definition) is 1. The highest BCUT2D eigenvalue weighted by Gasteiger charge is 2.53. The maximum absolute atomic E-state index is 2.57. The first-order valence-corrected chi connectivity index (χ1v) is 24.0. The molecule has 12 rings (SSSR count). The molecule has 0 N–H and O–H groups in total. The van der Waals surface area contributed by atoms with Crippen LogP contribution < -0.4 is 15.3 Å². The summed E-state index contributed by atoms with van der Waals surface area (Å²) in [6.07, 6.45) is 0. The number of benzene rings is 9. The number of nitrogens with zero attached hydrogens (tertiary/aromatic N) is 2. The fraction of sp³-hybridized carbons (Fsp3) is 0.0526. The van der Waals surface area contributed by atoms with Gasteiger partial charge in [0.1, 0.15) is 8.07 Å². The summed E-state index contributed by atoms with van der Waals surface area (Å²) in [6.45, 7) is 5.10. The van der Waals surface area contributed by atoms with E-state index in [1.807, 2.05) is 0 Å². The first-order chi connectivity index (χ1) is 29.5. The summed E-state index contributed by atoms with van der Waals surface area (Å²) in [7, 11) is -2.22. The van der Waals surface area contributed by atoms with Gasteiger partial charge in [-0.1, -0.05) is 189 Å². The van der Waals surface area contributed by atoms with Crippen LogP contribution in [0.1, 0.15) is 22.3 Å². The Morgan fingerprint density at radius 1 is 0.417 bits per heavy atom. The lowest BCUT2D eigenvalue weighted by Crippen LogP contribution is -2.63. The summed E-state index contributed by atoms with van der Waals surface area (Å²) in [5.74, 6) is 0. The van der Waals surface area contributed by atoms with Gasteiger partial charge >= 0.3 is 0 Å². The summed E-state index contributed by atoms with van der Waals surface area (Å²) in [5.41, 5.74) is 16.9. The Balaban J connectivity index is 1.19. The molecule has 3 heteroatoms. The molecule has 9 aromatic carbocycles. The van der Waals surface area contributed by atoms with Crippen molar-refractivity contribution in [2.24, 2.45) is 0 Å². The molecule has 0 saturated heterocycles. The lowest BCUT2D eigenvalue weighted by Gasteiger charge is -2.50. The minimum absolute atomic E-state index is 0.563. The molecule has 0 fully saturated rings. The van der Waals surface area contributed by atoms with E-state index in [9.17, 15) is 0 Å². The molecule has 0 bridgehead atoms. The van der Waals surface area contributed by atoms with Crippen molar-refractivity contribution in [1.29, 1.82) is 0 Å². The third-order valence-corrected chi connectivity index (χ3v) is 17.0. The summed E-state index contributed by atoms with van der Waals surface area (Å²) in [4.78, 5) is 2.49. The van der Waals surface area contributed by atoms with Crippen molar-refractivity contribution in [1.82, 2.24) is 4.57 Å². The minimum Gasteiger partial charge on any atom is -0.310 e. The summed E-state index contributed by atoms with van der Waals surface area (Å²) in [5, 5.41) is 5.57. The Labute approximate surface area is 352 Å². The van der Waals surface area contributed by atoms with Crippen molar-refractivity contribution >= 4 is 57.3 Å². The topological polar surface area (TPSA) is 8.17 Å². The van der Waals surface area contributed by atoms with Crippen LogP contribution >= 0.6 is 0 Å². The van der Waals surface area contributed by atoms with Crippen LogP contribution in [0, 0.1) is 0 Å². The van der Waals surface area contributed by atoms with E-state index in [-0.39, 0.29) is 0 Å². The van der Waals surface area contributed by atoms with E-state index in [0.29, 0.717) is 0 Å². The van der Waals surface area contributed by atoms with E-state index in [2.05, 4.69) is 241 Å². The number of para-hydroxylation sites is 4. The summed E-state index contributed by atoms with van der Waals surface area (Å²) >= 11 is 0. The van der Waals surface area contributed by atoms with E-state index in [1.165, 1.54) is 82.4 Å². The molecule has 3 heterocycles. The van der Waals surface area contributed by atoms with E-state index in [4.69, 9.17) is 0 Å². The predicted octanol–water partition coefficient (Wildman–Crippen LogP) is 13.4. The molecule has 2 aliphatic heterocycles. The highest BCUT2D eigenvalue weighted by molar-refractivity contribution is 7.01. The molecule has 60 heavy (non-hydrogen) atoms. The normalized spacial score (nSPS) is 15.7. The van der Waals surface area contributed by atoms with Crippen LogP contribution in [0.2, 0.25) is 13.1 Å². The lowest BCUT2D eigenvalue weighted by molar-refractivity contribution is 0.732. The van der Waals surface area contributed by atoms with Gasteiger partial charge in [0.25, 0.3) is 0 Å². The molecule has 1 aromatic heterocycles. The SMILES string of the molecule is C[Si]1(C)c2ccccc2C2(c3ccccc3-n3c4ccccc4c4cccc2c43)c2cc(N(c3ccc(-c4ccccc4)cc3)c3ccccc3-c3ccccc3)ccc21. The Hall–Kier alpha value is -7.20.